The molecule has 0 atom stereocenters. The number of amides is 1. The first kappa shape index (κ1) is 12.3. The van der Waals surface area contributed by atoms with E-state index in [1.54, 1.807) is 0 Å². The molecule has 0 bridgehead atoms. The Kier molecular flexibility index (Phi) is 4.03. The smallest absolute Gasteiger partial charge is 0.250 e. The first-order valence-electron chi connectivity index (χ1n) is 5.63. The maximum absolute atomic E-state index is 11.5. The third-order valence-corrected chi connectivity index (χ3v) is 2.27. The Balaban J connectivity index is 2.06. The van der Waals surface area contributed by atoms with Crippen LogP contribution in [0.2, 0.25) is 0 Å². The number of benzene rings is 1. The highest BCUT2D eigenvalue weighted by Gasteiger charge is 2.05. The van der Waals surface area contributed by atoms with Gasteiger partial charge in [0.2, 0.25) is 5.91 Å². The summed E-state index contributed by atoms with van der Waals surface area (Å²) in [6, 6.07) is 7.36. The molecule has 1 amide bonds. The molecule has 0 aliphatic carbocycles. The van der Waals surface area contributed by atoms with Crippen LogP contribution in [0.3, 0.4) is 0 Å². The molecule has 0 aliphatic heterocycles. The highest BCUT2D eigenvalue weighted by atomic mass is 16.5. The lowest BCUT2D eigenvalue weighted by Gasteiger charge is -2.06. The van der Waals surface area contributed by atoms with Gasteiger partial charge in [0.15, 0.2) is 5.82 Å². The Bertz CT molecular complexity index is 511. The number of aromatic nitrogens is 3. The van der Waals surface area contributed by atoms with Crippen LogP contribution in [0.15, 0.2) is 30.6 Å². The van der Waals surface area contributed by atoms with Crippen LogP contribution in [0.25, 0.3) is 11.4 Å². The minimum absolute atomic E-state index is 0.0586. The second-order valence-corrected chi connectivity index (χ2v) is 3.60. The maximum Gasteiger partial charge on any atom is 0.250 e. The summed E-state index contributed by atoms with van der Waals surface area (Å²) in [4.78, 5) is 15.5. The Morgan fingerprint density at radius 1 is 1.50 bits per heavy atom. The average Bonchev–Trinajstić information content (AvgIpc) is 2.90. The van der Waals surface area contributed by atoms with E-state index in [0.29, 0.717) is 18.1 Å². The summed E-state index contributed by atoms with van der Waals surface area (Å²) in [5, 5.41) is 9.31. The van der Waals surface area contributed by atoms with Gasteiger partial charge in [0, 0.05) is 17.9 Å². The van der Waals surface area contributed by atoms with Crippen LogP contribution in [0, 0.1) is 0 Å². The normalized spacial score (nSPS) is 10.3. The summed E-state index contributed by atoms with van der Waals surface area (Å²) < 4.78 is 5.03. The van der Waals surface area contributed by atoms with Crippen molar-refractivity contribution in [3.8, 4) is 11.4 Å². The Morgan fingerprint density at radius 3 is 3.11 bits per heavy atom. The van der Waals surface area contributed by atoms with Gasteiger partial charge in [0.25, 0.3) is 0 Å². The zero-order valence-electron chi connectivity index (χ0n) is 10.0. The van der Waals surface area contributed by atoms with Crippen molar-refractivity contribution in [1.82, 2.24) is 15.2 Å². The second-order valence-electron chi connectivity index (χ2n) is 3.60. The van der Waals surface area contributed by atoms with Gasteiger partial charge in [-0.25, -0.2) is 4.98 Å². The largest absolute Gasteiger partial charge is 0.372 e. The maximum atomic E-state index is 11.5. The van der Waals surface area contributed by atoms with Crippen molar-refractivity contribution >= 4 is 11.6 Å². The quantitative estimate of drug-likeness (QED) is 0.836. The van der Waals surface area contributed by atoms with Crippen LogP contribution in [0.4, 0.5) is 5.69 Å². The van der Waals surface area contributed by atoms with E-state index in [0.717, 1.165) is 5.56 Å². The van der Waals surface area contributed by atoms with Crippen LogP contribution >= 0.6 is 0 Å². The van der Waals surface area contributed by atoms with Crippen molar-refractivity contribution in [3.05, 3.63) is 30.6 Å². The lowest BCUT2D eigenvalue weighted by molar-refractivity contribution is -0.120. The summed E-state index contributed by atoms with van der Waals surface area (Å²) in [5.74, 6) is 0.488. The predicted molar refractivity (Wildman–Crippen MR) is 66.9 cm³/mol. The third-order valence-electron chi connectivity index (χ3n) is 2.27. The SMILES string of the molecule is CCOCC(=O)Nc1cccc(-c2ncn[nH]2)c1. The van der Waals surface area contributed by atoms with E-state index in [4.69, 9.17) is 4.74 Å². The summed E-state index contributed by atoms with van der Waals surface area (Å²) in [6.45, 7) is 2.42. The standard InChI is InChI=1S/C12H14N4O2/c1-2-18-7-11(17)15-10-5-3-4-9(6-10)12-13-8-14-16-12/h3-6,8H,2,7H2,1H3,(H,15,17)(H,13,14,16). The molecule has 0 saturated carbocycles. The van der Waals surface area contributed by atoms with Gasteiger partial charge in [0.05, 0.1) is 0 Å². The highest BCUT2D eigenvalue weighted by molar-refractivity contribution is 5.92. The molecule has 94 valence electrons. The molecule has 6 heteroatoms. The first-order chi connectivity index (χ1) is 8.79. The Morgan fingerprint density at radius 2 is 2.39 bits per heavy atom. The number of carbonyl (C=O) groups excluding carboxylic acids is 1. The molecule has 0 spiro atoms. The zero-order chi connectivity index (χ0) is 12.8. The number of nitrogens with one attached hydrogen (secondary N) is 2. The van der Waals surface area contributed by atoms with Gasteiger partial charge in [-0.2, -0.15) is 5.10 Å². The van der Waals surface area contributed by atoms with Gasteiger partial charge in [-0.1, -0.05) is 12.1 Å². The topological polar surface area (TPSA) is 79.9 Å². The number of anilines is 1. The summed E-state index contributed by atoms with van der Waals surface area (Å²) >= 11 is 0. The van der Waals surface area contributed by atoms with E-state index >= 15 is 0 Å². The van der Waals surface area contributed by atoms with Gasteiger partial charge >= 0.3 is 0 Å². The molecular weight excluding hydrogens is 232 g/mol. The number of hydrogen-bond donors (Lipinski definition) is 2. The van der Waals surface area contributed by atoms with E-state index in [1.807, 2.05) is 31.2 Å². The van der Waals surface area contributed by atoms with Crippen LogP contribution < -0.4 is 5.32 Å². The number of rotatable bonds is 5. The molecule has 0 aliphatic rings. The third kappa shape index (κ3) is 3.14. The lowest BCUT2D eigenvalue weighted by atomic mass is 10.2. The van der Waals surface area contributed by atoms with Crippen molar-refractivity contribution in [2.45, 2.75) is 6.92 Å². The minimum Gasteiger partial charge on any atom is -0.372 e. The number of H-pyrrole nitrogens is 1. The zero-order valence-corrected chi connectivity index (χ0v) is 10.0. The fourth-order valence-electron chi connectivity index (χ4n) is 1.48. The molecule has 2 rings (SSSR count). The molecule has 1 heterocycles. The minimum atomic E-state index is -0.174. The second kappa shape index (κ2) is 5.92. The summed E-state index contributed by atoms with van der Waals surface area (Å²) in [7, 11) is 0. The molecule has 0 radical (unpaired) electrons. The monoisotopic (exact) mass is 246 g/mol. The van der Waals surface area contributed by atoms with Crippen LogP contribution in [-0.2, 0) is 9.53 Å². The Hall–Kier alpha value is -2.21. The van der Waals surface area contributed by atoms with Crippen LogP contribution in [0.1, 0.15) is 6.92 Å². The number of nitrogens with zero attached hydrogens (tertiary/aromatic N) is 2. The van der Waals surface area contributed by atoms with E-state index in [2.05, 4.69) is 20.5 Å². The molecule has 0 saturated heterocycles. The molecule has 2 aromatic rings. The molecule has 2 N–H and O–H groups in total. The number of ether oxygens (including phenoxy) is 1. The first-order valence-corrected chi connectivity index (χ1v) is 5.63. The number of carbonyl (C=O) groups is 1. The van der Waals surface area contributed by atoms with Gasteiger partial charge in [0.1, 0.15) is 12.9 Å². The van der Waals surface area contributed by atoms with E-state index in [-0.39, 0.29) is 12.5 Å². The van der Waals surface area contributed by atoms with Gasteiger partial charge < -0.3 is 10.1 Å². The molecule has 1 aromatic heterocycles. The Labute approximate surface area is 104 Å². The van der Waals surface area contributed by atoms with E-state index in [1.165, 1.54) is 6.33 Å². The van der Waals surface area contributed by atoms with Crippen molar-refractivity contribution in [3.63, 3.8) is 0 Å². The van der Waals surface area contributed by atoms with E-state index in [9.17, 15) is 4.79 Å². The molecule has 0 fully saturated rings. The van der Waals surface area contributed by atoms with Crippen LogP contribution in [0.5, 0.6) is 0 Å². The average molecular weight is 246 g/mol. The van der Waals surface area contributed by atoms with Crippen molar-refractivity contribution < 1.29 is 9.53 Å². The summed E-state index contributed by atoms with van der Waals surface area (Å²) in [5.41, 5.74) is 1.57. The lowest BCUT2D eigenvalue weighted by Crippen LogP contribution is -2.18. The van der Waals surface area contributed by atoms with Gasteiger partial charge in [-0.3, -0.25) is 9.89 Å². The fraction of sp³-hybridized carbons (Fsp3) is 0.250. The predicted octanol–water partition coefficient (Wildman–Crippen LogP) is 1.45. The van der Waals surface area contributed by atoms with Gasteiger partial charge in [-0.15, -0.1) is 0 Å². The summed E-state index contributed by atoms with van der Waals surface area (Å²) in [6.07, 6.45) is 1.44. The molecule has 18 heavy (non-hydrogen) atoms. The number of aromatic amines is 1. The van der Waals surface area contributed by atoms with Crippen molar-refractivity contribution in [1.29, 1.82) is 0 Å². The van der Waals surface area contributed by atoms with Crippen molar-refractivity contribution in [2.24, 2.45) is 0 Å². The fourth-order valence-corrected chi connectivity index (χ4v) is 1.48. The molecule has 0 unspecified atom stereocenters. The molecular formula is C12H14N4O2. The van der Waals surface area contributed by atoms with Crippen LogP contribution in [-0.4, -0.2) is 34.3 Å². The van der Waals surface area contributed by atoms with Crippen molar-refractivity contribution in [2.75, 3.05) is 18.5 Å². The molecule has 1 aromatic carbocycles. The van der Waals surface area contributed by atoms with Gasteiger partial charge in [-0.05, 0) is 19.1 Å². The molecule has 6 nitrogen and oxygen atoms in total. The highest BCUT2D eigenvalue weighted by Crippen LogP contribution is 2.18. The van der Waals surface area contributed by atoms with E-state index < -0.39 is 0 Å². The number of hydrogen-bond acceptors (Lipinski definition) is 4.